The second kappa shape index (κ2) is 11.3. The molecular formula is C23H32F3N3O6S. The van der Waals surface area contributed by atoms with Crippen molar-refractivity contribution in [3.63, 3.8) is 0 Å². The van der Waals surface area contributed by atoms with Gasteiger partial charge in [-0.25, -0.2) is 13.2 Å². The zero-order valence-electron chi connectivity index (χ0n) is 20.5. The number of nitrogens with one attached hydrogen (secondary N) is 1. The Hall–Kier alpha value is -2.51. The van der Waals surface area contributed by atoms with Crippen molar-refractivity contribution in [2.24, 2.45) is 5.92 Å². The van der Waals surface area contributed by atoms with Gasteiger partial charge in [-0.15, -0.1) is 13.2 Å². The standard InChI is InChI=1S/C23H32F3N3O6S/c1-22(2,3)35-21(30)28-12-8-17(9-13-28)16-33-27-18-10-14-29(15-11-18)36(31,32)20-6-4-19(5-7-20)34-23(24,25)26/h4-7,10,17,27H,8-9,11-16H2,1-3H3. The summed E-state index contributed by atoms with van der Waals surface area (Å²) in [5.41, 5.74) is 3.11. The summed E-state index contributed by atoms with van der Waals surface area (Å²) in [6, 6.07) is 4.12. The van der Waals surface area contributed by atoms with Gasteiger partial charge in [0, 0.05) is 38.3 Å². The van der Waals surface area contributed by atoms with E-state index < -0.39 is 27.7 Å². The minimum absolute atomic E-state index is 0.100. The number of hydroxylamine groups is 1. The molecule has 36 heavy (non-hydrogen) atoms. The first-order chi connectivity index (χ1) is 16.7. The second-order valence-corrected chi connectivity index (χ2v) is 11.6. The fraction of sp³-hybridized carbons (Fsp3) is 0.609. The first-order valence-electron chi connectivity index (χ1n) is 11.6. The van der Waals surface area contributed by atoms with E-state index in [9.17, 15) is 26.4 Å². The largest absolute Gasteiger partial charge is 0.573 e. The number of sulfonamides is 1. The fourth-order valence-corrected chi connectivity index (χ4v) is 5.17. The third kappa shape index (κ3) is 8.27. The van der Waals surface area contributed by atoms with E-state index in [2.05, 4.69) is 10.2 Å². The predicted octanol–water partition coefficient (Wildman–Crippen LogP) is 4.03. The van der Waals surface area contributed by atoms with Gasteiger partial charge in [-0.2, -0.15) is 4.31 Å². The molecule has 0 spiro atoms. The number of ether oxygens (including phenoxy) is 2. The van der Waals surface area contributed by atoms with Crippen LogP contribution in [0.1, 0.15) is 40.0 Å². The van der Waals surface area contributed by atoms with Crippen LogP contribution in [0.4, 0.5) is 18.0 Å². The van der Waals surface area contributed by atoms with E-state index in [0.29, 0.717) is 26.1 Å². The fourth-order valence-electron chi connectivity index (χ4n) is 3.78. The van der Waals surface area contributed by atoms with Gasteiger partial charge in [0.2, 0.25) is 10.0 Å². The van der Waals surface area contributed by atoms with Crippen LogP contribution in [0.3, 0.4) is 0 Å². The molecule has 0 radical (unpaired) electrons. The number of amides is 1. The van der Waals surface area contributed by atoms with Crippen molar-refractivity contribution in [2.75, 3.05) is 32.8 Å². The van der Waals surface area contributed by atoms with Gasteiger partial charge in [0.1, 0.15) is 11.4 Å². The molecule has 202 valence electrons. The number of halogens is 3. The molecule has 2 aliphatic heterocycles. The molecule has 1 aromatic rings. The molecule has 0 atom stereocenters. The van der Waals surface area contributed by atoms with E-state index in [-0.39, 0.29) is 30.0 Å². The minimum Gasteiger partial charge on any atom is -0.444 e. The lowest BCUT2D eigenvalue weighted by molar-refractivity contribution is -0.274. The molecule has 2 heterocycles. The maximum Gasteiger partial charge on any atom is 0.573 e. The van der Waals surface area contributed by atoms with Crippen LogP contribution < -0.4 is 10.2 Å². The van der Waals surface area contributed by atoms with E-state index >= 15 is 0 Å². The van der Waals surface area contributed by atoms with Crippen molar-refractivity contribution in [2.45, 2.75) is 56.9 Å². The molecule has 1 amide bonds. The number of rotatable bonds is 7. The maximum atomic E-state index is 12.8. The summed E-state index contributed by atoms with van der Waals surface area (Å²) < 4.78 is 72.9. The molecule has 3 rings (SSSR count). The van der Waals surface area contributed by atoms with Gasteiger partial charge in [0.15, 0.2) is 0 Å². The number of carbonyl (C=O) groups is 1. The molecule has 0 unspecified atom stereocenters. The molecule has 1 aromatic carbocycles. The van der Waals surface area contributed by atoms with Crippen molar-refractivity contribution in [1.29, 1.82) is 0 Å². The zero-order chi connectivity index (χ0) is 26.6. The molecule has 0 saturated carbocycles. The highest BCUT2D eigenvalue weighted by Crippen LogP contribution is 2.26. The molecule has 2 aliphatic rings. The maximum absolute atomic E-state index is 12.8. The van der Waals surface area contributed by atoms with Gasteiger partial charge in [-0.1, -0.05) is 0 Å². The van der Waals surface area contributed by atoms with Crippen LogP contribution in [0.15, 0.2) is 40.9 Å². The van der Waals surface area contributed by atoms with Crippen LogP contribution in [-0.4, -0.2) is 68.5 Å². The topological polar surface area (TPSA) is 97.4 Å². The molecule has 0 bridgehead atoms. The van der Waals surface area contributed by atoms with Crippen LogP contribution in [0, 0.1) is 5.92 Å². The van der Waals surface area contributed by atoms with Crippen LogP contribution in [0.2, 0.25) is 0 Å². The van der Waals surface area contributed by atoms with Crippen LogP contribution >= 0.6 is 0 Å². The second-order valence-electron chi connectivity index (χ2n) is 9.69. The summed E-state index contributed by atoms with van der Waals surface area (Å²) in [5, 5.41) is 0. The summed E-state index contributed by atoms with van der Waals surface area (Å²) in [6.07, 6.45) is -1.48. The van der Waals surface area contributed by atoms with Gasteiger partial charge < -0.3 is 14.4 Å². The number of carbonyl (C=O) groups excluding carboxylic acids is 1. The van der Waals surface area contributed by atoms with Crippen LogP contribution in [-0.2, 0) is 19.6 Å². The van der Waals surface area contributed by atoms with Gasteiger partial charge >= 0.3 is 12.5 Å². The van der Waals surface area contributed by atoms with E-state index in [1.165, 1.54) is 4.31 Å². The highest BCUT2D eigenvalue weighted by Gasteiger charge is 2.32. The Morgan fingerprint density at radius 2 is 1.72 bits per heavy atom. The van der Waals surface area contributed by atoms with Crippen molar-refractivity contribution in [1.82, 2.24) is 14.7 Å². The van der Waals surface area contributed by atoms with Crippen LogP contribution in [0.25, 0.3) is 0 Å². The molecular weight excluding hydrogens is 503 g/mol. The molecule has 1 N–H and O–H groups in total. The van der Waals surface area contributed by atoms with Crippen molar-refractivity contribution in [3.05, 3.63) is 36.0 Å². The first kappa shape index (κ1) is 28.1. The third-order valence-electron chi connectivity index (χ3n) is 5.66. The number of alkyl halides is 3. The predicted molar refractivity (Wildman–Crippen MR) is 124 cm³/mol. The summed E-state index contributed by atoms with van der Waals surface area (Å²) >= 11 is 0. The lowest BCUT2D eigenvalue weighted by Crippen LogP contribution is -2.42. The molecule has 1 fully saturated rings. The molecule has 13 heteroatoms. The van der Waals surface area contributed by atoms with E-state index in [4.69, 9.17) is 9.57 Å². The Bertz CT molecular complexity index is 1030. The molecule has 0 aliphatic carbocycles. The Morgan fingerprint density at radius 1 is 1.08 bits per heavy atom. The van der Waals surface area contributed by atoms with Gasteiger partial charge in [-0.3, -0.25) is 10.3 Å². The highest BCUT2D eigenvalue weighted by atomic mass is 32.2. The Balaban J connectivity index is 1.41. The minimum atomic E-state index is -4.85. The number of hydrogen-bond donors (Lipinski definition) is 1. The Labute approximate surface area is 209 Å². The summed E-state index contributed by atoms with van der Waals surface area (Å²) in [5.74, 6) is -0.208. The number of piperidine rings is 1. The monoisotopic (exact) mass is 535 g/mol. The average Bonchev–Trinajstić information content (AvgIpc) is 2.78. The normalized spacial score (nSPS) is 18.5. The van der Waals surface area contributed by atoms with Crippen molar-refractivity contribution in [3.8, 4) is 5.75 Å². The van der Waals surface area contributed by atoms with Crippen molar-refractivity contribution < 1.29 is 40.7 Å². The summed E-state index contributed by atoms with van der Waals surface area (Å²) in [7, 11) is -3.87. The summed E-state index contributed by atoms with van der Waals surface area (Å²) in [4.78, 5) is 19.4. The molecule has 0 aromatic heterocycles. The Morgan fingerprint density at radius 3 is 2.25 bits per heavy atom. The Kier molecular flexibility index (Phi) is 8.78. The van der Waals surface area contributed by atoms with E-state index in [1.807, 2.05) is 20.8 Å². The average molecular weight is 536 g/mol. The number of likely N-dealkylation sites (tertiary alicyclic amines) is 1. The van der Waals surface area contributed by atoms with Crippen LogP contribution in [0.5, 0.6) is 5.75 Å². The van der Waals surface area contributed by atoms with Crippen molar-refractivity contribution >= 4 is 16.1 Å². The molecule has 9 nitrogen and oxygen atoms in total. The van der Waals surface area contributed by atoms with Gasteiger partial charge in [-0.05, 0) is 69.9 Å². The quantitative estimate of drug-likeness (QED) is 0.527. The number of hydrogen-bond acceptors (Lipinski definition) is 7. The SMILES string of the molecule is CC(C)(C)OC(=O)N1CCC(CONC2=CCN(S(=O)(=O)c3ccc(OC(F)(F)F)cc3)CC2)CC1. The zero-order valence-corrected chi connectivity index (χ0v) is 21.3. The van der Waals surface area contributed by atoms with E-state index in [0.717, 1.165) is 42.8 Å². The first-order valence-corrected chi connectivity index (χ1v) is 13.1. The highest BCUT2D eigenvalue weighted by molar-refractivity contribution is 7.89. The third-order valence-corrected chi connectivity index (χ3v) is 7.53. The van der Waals surface area contributed by atoms with E-state index in [1.54, 1.807) is 11.0 Å². The number of nitrogens with zero attached hydrogens (tertiary/aromatic N) is 2. The lowest BCUT2D eigenvalue weighted by atomic mass is 9.98. The lowest BCUT2D eigenvalue weighted by Gasteiger charge is -2.33. The summed E-state index contributed by atoms with van der Waals surface area (Å²) in [6.45, 7) is 7.44. The smallest absolute Gasteiger partial charge is 0.444 e. The van der Waals surface area contributed by atoms with Gasteiger partial charge in [0.05, 0.1) is 11.5 Å². The number of benzene rings is 1. The molecule has 1 saturated heterocycles. The van der Waals surface area contributed by atoms with Gasteiger partial charge in [0.25, 0.3) is 0 Å².